The van der Waals surface area contributed by atoms with E-state index in [1.54, 1.807) is 12.1 Å². The molecule has 1 fully saturated rings. The Labute approximate surface area is 190 Å². The van der Waals surface area contributed by atoms with Gasteiger partial charge in [0.2, 0.25) is 0 Å². The van der Waals surface area contributed by atoms with Crippen LogP contribution in [0.15, 0.2) is 66.7 Å². The molecule has 1 saturated heterocycles. The minimum absolute atomic E-state index is 0.143. The number of cyclic esters (lactones) is 1. The van der Waals surface area contributed by atoms with Crippen LogP contribution >= 0.6 is 11.6 Å². The normalized spacial score (nSPS) is 19.3. The van der Waals surface area contributed by atoms with Gasteiger partial charge in [-0.2, -0.15) is 0 Å². The van der Waals surface area contributed by atoms with E-state index in [-0.39, 0.29) is 11.8 Å². The number of carbonyl (C=O) groups excluding carboxylic acids is 2. The number of fused-ring (bicyclic) bond motifs is 1. The summed E-state index contributed by atoms with van der Waals surface area (Å²) in [6.45, 7) is 0.456. The van der Waals surface area contributed by atoms with Gasteiger partial charge in [0.15, 0.2) is 6.10 Å². The molecule has 0 radical (unpaired) electrons. The highest BCUT2D eigenvalue weighted by molar-refractivity contribution is 6.32. The molecule has 6 nitrogen and oxygen atoms in total. The number of alkyl carbamates (subject to hydrolysis) is 1. The molecule has 1 N–H and O–H groups in total. The molecule has 7 heteroatoms. The second kappa shape index (κ2) is 8.55. The van der Waals surface area contributed by atoms with Gasteiger partial charge in [0, 0.05) is 12.0 Å². The largest absolute Gasteiger partial charge is 0.489 e. The number of hydrogen-bond donors (Lipinski definition) is 1. The van der Waals surface area contributed by atoms with Crippen LogP contribution in [0.1, 0.15) is 29.0 Å². The third kappa shape index (κ3) is 4.14. The first kappa shape index (κ1) is 20.4. The summed E-state index contributed by atoms with van der Waals surface area (Å²) < 4.78 is 17.0. The molecule has 1 heterocycles. The van der Waals surface area contributed by atoms with Gasteiger partial charge in [-0.05, 0) is 53.8 Å². The predicted molar refractivity (Wildman–Crippen MR) is 118 cm³/mol. The highest BCUT2D eigenvalue weighted by Gasteiger charge is 2.42. The number of amides is 2. The van der Waals surface area contributed by atoms with Crippen molar-refractivity contribution >= 4 is 23.6 Å². The van der Waals surface area contributed by atoms with Crippen LogP contribution in [-0.4, -0.2) is 18.1 Å². The Hall–Kier alpha value is -3.51. The lowest BCUT2D eigenvalue weighted by Crippen LogP contribution is -2.28. The van der Waals surface area contributed by atoms with Gasteiger partial charge in [0.05, 0.1) is 5.02 Å². The van der Waals surface area contributed by atoms with E-state index in [1.807, 2.05) is 54.6 Å². The van der Waals surface area contributed by atoms with E-state index >= 15 is 0 Å². The number of carbonyl (C=O) groups is 2. The molecule has 1 aliphatic carbocycles. The van der Waals surface area contributed by atoms with Gasteiger partial charge in [-0.25, -0.2) is 4.79 Å². The molecule has 2 aliphatic rings. The first-order chi connectivity index (χ1) is 15.6. The van der Waals surface area contributed by atoms with Gasteiger partial charge >= 0.3 is 6.09 Å². The third-order valence-electron chi connectivity index (χ3n) is 5.70. The van der Waals surface area contributed by atoms with Gasteiger partial charge in [0.25, 0.3) is 5.91 Å². The molecule has 0 spiro atoms. The number of aryl methyl sites for hydroxylation is 1. The zero-order valence-electron chi connectivity index (χ0n) is 17.0. The summed E-state index contributed by atoms with van der Waals surface area (Å²) in [6, 6.07) is 20.9. The quantitative estimate of drug-likeness (QED) is 0.547. The van der Waals surface area contributed by atoms with Crippen LogP contribution in [0.5, 0.6) is 17.2 Å². The Morgan fingerprint density at radius 3 is 2.56 bits per heavy atom. The molecule has 32 heavy (non-hydrogen) atoms. The lowest BCUT2D eigenvalue weighted by atomic mass is 9.95. The number of rotatable bonds is 6. The van der Waals surface area contributed by atoms with Gasteiger partial charge in [0.1, 0.15) is 23.9 Å². The zero-order valence-corrected chi connectivity index (χ0v) is 17.8. The third-order valence-corrected chi connectivity index (χ3v) is 6.00. The average Bonchev–Trinajstić information content (AvgIpc) is 3.36. The molecule has 0 bridgehead atoms. The minimum Gasteiger partial charge on any atom is -0.489 e. The first-order valence-corrected chi connectivity index (χ1v) is 10.7. The van der Waals surface area contributed by atoms with Gasteiger partial charge in [-0.3, -0.25) is 10.1 Å². The van der Waals surface area contributed by atoms with Crippen molar-refractivity contribution in [2.75, 3.05) is 0 Å². The number of ether oxygens (including phenoxy) is 3. The fraction of sp³-hybridized carbons (Fsp3) is 0.200. The van der Waals surface area contributed by atoms with Gasteiger partial charge < -0.3 is 14.2 Å². The van der Waals surface area contributed by atoms with E-state index in [0.717, 1.165) is 29.5 Å². The van der Waals surface area contributed by atoms with Crippen LogP contribution in [0.2, 0.25) is 5.02 Å². The van der Waals surface area contributed by atoms with Crippen LogP contribution in [0.25, 0.3) is 0 Å². The van der Waals surface area contributed by atoms with E-state index in [1.165, 1.54) is 0 Å². The highest BCUT2D eigenvalue weighted by Crippen LogP contribution is 2.41. The Kier molecular flexibility index (Phi) is 5.45. The summed E-state index contributed by atoms with van der Waals surface area (Å²) in [4.78, 5) is 23.3. The monoisotopic (exact) mass is 449 g/mol. The van der Waals surface area contributed by atoms with Crippen molar-refractivity contribution in [3.8, 4) is 17.2 Å². The fourth-order valence-electron chi connectivity index (χ4n) is 4.16. The van der Waals surface area contributed by atoms with E-state index < -0.39 is 12.2 Å². The van der Waals surface area contributed by atoms with E-state index in [9.17, 15) is 9.59 Å². The maximum Gasteiger partial charge on any atom is 0.414 e. The number of hydrogen-bond acceptors (Lipinski definition) is 5. The Balaban J connectivity index is 1.27. The van der Waals surface area contributed by atoms with Gasteiger partial charge in [-0.15, -0.1) is 0 Å². The molecule has 3 aromatic rings. The van der Waals surface area contributed by atoms with Crippen molar-refractivity contribution in [2.45, 2.75) is 31.5 Å². The molecule has 2 atom stereocenters. The molecular formula is C25H20ClNO5. The second-order valence-electron chi connectivity index (χ2n) is 7.79. The van der Waals surface area contributed by atoms with Crippen molar-refractivity contribution in [2.24, 2.45) is 0 Å². The van der Waals surface area contributed by atoms with Crippen LogP contribution in [0.4, 0.5) is 4.79 Å². The maximum atomic E-state index is 12.0. The molecule has 5 rings (SSSR count). The Morgan fingerprint density at radius 2 is 1.81 bits per heavy atom. The molecule has 1 aliphatic heterocycles. The zero-order chi connectivity index (χ0) is 22.1. The van der Waals surface area contributed by atoms with Crippen molar-refractivity contribution in [3.63, 3.8) is 0 Å². The number of benzene rings is 3. The van der Waals surface area contributed by atoms with Crippen molar-refractivity contribution < 1.29 is 23.8 Å². The number of imide groups is 1. The van der Waals surface area contributed by atoms with Crippen LogP contribution < -0.4 is 14.8 Å². The summed E-state index contributed by atoms with van der Waals surface area (Å²) in [5, 5.41) is 2.65. The van der Waals surface area contributed by atoms with Crippen LogP contribution in [0, 0.1) is 0 Å². The molecule has 2 amide bonds. The van der Waals surface area contributed by atoms with Crippen molar-refractivity contribution in [1.29, 1.82) is 0 Å². The fourth-order valence-corrected chi connectivity index (χ4v) is 4.37. The summed E-state index contributed by atoms with van der Waals surface area (Å²) in [5.41, 5.74) is 3.15. The molecule has 0 saturated carbocycles. The van der Waals surface area contributed by atoms with Crippen LogP contribution in [-0.2, 0) is 22.6 Å². The van der Waals surface area contributed by atoms with Crippen molar-refractivity contribution in [3.05, 3.63) is 88.4 Å². The smallest absolute Gasteiger partial charge is 0.414 e. The highest BCUT2D eigenvalue weighted by atomic mass is 35.5. The van der Waals surface area contributed by atoms with E-state index in [0.29, 0.717) is 28.9 Å². The van der Waals surface area contributed by atoms with E-state index in [4.69, 9.17) is 25.8 Å². The van der Waals surface area contributed by atoms with Crippen LogP contribution in [0.3, 0.4) is 0 Å². The average molecular weight is 450 g/mol. The molecule has 0 aromatic heterocycles. The lowest BCUT2D eigenvalue weighted by Gasteiger charge is -2.16. The number of nitrogens with one attached hydrogen (secondary N) is 1. The SMILES string of the molecule is O=C1NC(=O)C([C@@H]2CCc3cc(Oc4ccc(OCc5ccccc5)cc4Cl)ccc32)O1. The summed E-state index contributed by atoms with van der Waals surface area (Å²) in [7, 11) is 0. The van der Waals surface area contributed by atoms with Gasteiger partial charge in [-0.1, -0.05) is 48.0 Å². The number of halogens is 1. The molecular weight excluding hydrogens is 430 g/mol. The standard InChI is InChI=1S/C25H20ClNO5/c26-21-13-17(30-14-15-4-2-1-3-5-15)8-11-22(21)31-18-7-10-19-16(12-18)6-9-20(19)23-24(28)27-25(29)32-23/h1-5,7-8,10-13,20,23H,6,9,14H2,(H,27,28,29)/t20-,23?/m1/s1. The van der Waals surface area contributed by atoms with Crippen molar-refractivity contribution in [1.82, 2.24) is 5.32 Å². The summed E-state index contributed by atoms with van der Waals surface area (Å²) in [6.07, 6.45) is 0.0595. The molecule has 162 valence electrons. The minimum atomic E-state index is -0.770. The Bertz CT molecular complexity index is 1180. The molecule has 1 unspecified atom stereocenters. The molecule has 3 aromatic carbocycles. The summed E-state index contributed by atoms with van der Waals surface area (Å²) in [5.74, 6) is 1.31. The lowest BCUT2D eigenvalue weighted by molar-refractivity contribution is -0.124. The topological polar surface area (TPSA) is 73.9 Å². The maximum absolute atomic E-state index is 12.0. The summed E-state index contributed by atoms with van der Waals surface area (Å²) >= 11 is 6.42. The van der Waals surface area contributed by atoms with E-state index in [2.05, 4.69) is 5.32 Å². The predicted octanol–water partition coefficient (Wildman–Crippen LogP) is 5.38. The second-order valence-corrected chi connectivity index (χ2v) is 8.20. The Morgan fingerprint density at radius 1 is 1.00 bits per heavy atom. The first-order valence-electron chi connectivity index (χ1n) is 10.4.